The number of nitrogens with one attached hydrogen (secondary N) is 1. The highest BCUT2D eigenvalue weighted by Crippen LogP contribution is 2.27. The maximum absolute atomic E-state index is 4.60. The van der Waals surface area contributed by atoms with Crippen LogP contribution in [-0.4, -0.2) is 21.9 Å². The zero-order valence-corrected chi connectivity index (χ0v) is 12.2. The molecular formula is C12H19N3S2. The maximum Gasteiger partial charge on any atom is 0.157 e. The summed E-state index contributed by atoms with van der Waals surface area (Å²) in [4.78, 5) is 8.84. The Labute approximate surface area is 111 Å². The van der Waals surface area contributed by atoms with Crippen LogP contribution in [0.4, 0.5) is 0 Å². The van der Waals surface area contributed by atoms with Gasteiger partial charge in [-0.2, -0.15) is 0 Å². The summed E-state index contributed by atoms with van der Waals surface area (Å²) < 4.78 is 0. The molecule has 0 bridgehead atoms. The van der Waals surface area contributed by atoms with Crippen molar-refractivity contribution in [3.05, 3.63) is 16.6 Å². The lowest BCUT2D eigenvalue weighted by molar-refractivity contribution is 0.290. The lowest BCUT2D eigenvalue weighted by atomic mass is 9.85. The minimum Gasteiger partial charge on any atom is -0.362 e. The van der Waals surface area contributed by atoms with Gasteiger partial charge in [0.05, 0.1) is 17.7 Å². The largest absolute Gasteiger partial charge is 0.362 e. The van der Waals surface area contributed by atoms with Gasteiger partial charge in [-0.3, -0.25) is 4.99 Å². The van der Waals surface area contributed by atoms with Gasteiger partial charge in [-0.1, -0.05) is 32.5 Å². The van der Waals surface area contributed by atoms with Crippen molar-refractivity contribution in [2.45, 2.75) is 39.8 Å². The van der Waals surface area contributed by atoms with Gasteiger partial charge in [-0.05, 0) is 11.8 Å². The fourth-order valence-electron chi connectivity index (χ4n) is 1.75. The SMILES string of the molecule is CC(C)(C)C1CCSC(=NCc2cscn2)N1. The van der Waals surface area contributed by atoms with Gasteiger partial charge in [0.2, 0.25) is 0 Å². The molecular weight excluding hydrogens is 250 g/mol. The molecule has 3 nitrogen and oxygen atoms in total. The number of aromatic nitrogens is 1. The highest BCUT2D eigenvalue weighted by atomic mass is 32.2. The third kappa shape index (κ3) is 3.71. The summed E-state index contributed by atoms with van der Waals surface area (Å²) in [6, 6.07) is 0.526. The fraction of sp³-hybridized carbons (Fsp3) is 0.667. The smallest absolute Gasteiger partial charge is 0.157 e. The molecule has 5 heteroatoms. The second-order valence-electron chi connectivity index (χ2n) is 5.30. The molecule has 1 aliphatic rings. The zero-order chi connectivity index (χ0) is 12.3. The second kappa shape index (κ2) is 5.40. The molecule has 1 atom stereocenters. The molecule has 1 fully saturated rings. The molecule has 0 saturated carbocycles. The Morgan fingerprint density at radius 3 is 3.00 bits per heavy atom. The average molecular weight is 269 g/mol. The molecule has 94 valence electrons. The molecule has 0 radical (unpaired) electrons. The van der Waals surface area contributed by atoms with E-state index in [4.69, 9.17) is 0 Å². The van der Waals surface area contributed by atoms with E-state index in [9.17, 15) is 0 Å². The van der Waals surface area contributed by atoms with Crippen molar-refractivity contribution in [1.82, 2.24) is 10.3 Å². The summed E-state index contributed by atoms with van der Waals surface area (Å²) in [6.07, 6.45) is 1.21. The molecule has 1 N–H and O–H groups in total. The highest BCUT2D eigenvalue weighted by Gasteiger charge is 2.28. The van der Waals surface area contributed by atoms with Gasteiger partial charge < -0.3 is 5.32 Å². The van der Waals surface area contributed by atoms with Crippen LogP contribution in [0.3, 0.4) is 0 Å². The maximum atomic E-state index is 4.60. The lowest BCUT2D eigenvalue weighted by Gasteiger charge is -2.35. The van der Waals surface area contributed by atoms with E-state index in [0.29, 0.717) is 18.0 Å². The molecule has 0 aromatic carbocycles. The number of thiazole rings is 1. The van der Waals surface area contributed by atoms with E-state index in [1.54, 1.807) is 11.3 Å². The molecule has 2 heterocycles. The molecule has 1 aromatic heterocycles. The molecule has 0 spiro atoms. The Morgan fingerprint density at radius 1 is 1.53 bits per heavy atom. The van der Waals surface area contributed by atoms with Gasteiger partial charge in [-0.25, -0.2) is 4.98 Å². The number of rotatable bonds is 2. The van der Waals surface area contributed by atoms with Crippen molar-refractivity contribution in [3.8, 4) is 0 Å². The molecule has 1 unspecified atom stereocenters. The van der Waals surface area contributed by atoms with E-state index in [2.05, 4.69) is 41.4 Å². The molecule has 1 saturated heterocycles. The van der Waals surface area contributed by atoms with Gasteiger partial charge in [-0.15, -0.1) is 11.3 Å². The fourth-order valence-corrected chi connectivity index (χ4v) is 3.22. The van der Waals surface area contributed by atoms with Crippen LogP contribution in [0.5, 0.6) is 0 Å². The van der Waals surface area contributed by atoms with Crippen LogP contribution in [0.25, 0.3) is 0 Å². The third-order valence-electron chi connectivity index (χ3n) is 2.86. The van der Waals surface area contributed by atoms with Gasteiger partial charge >= 0.3 is 0 Å². The Hall–Kier alpha value is -0.550. The summed E-state index contributed by atoms with van der Waals surface area (Å²) in [5.74, 6) is 1.16. The van der Waals surface area contributed by atoms with Crippen LogP contribution >= 0.6 is 23.1 Å². The van der Waals surface area contributed by atoms with E-state index in [0.717, 1.165) is 16.6 Å². The highest BCUT2D eigenvalue weighted by molar-refractivity contribution is 8.13. The average Bonchev–Trinajstić information content (AvgIpc) is 2.78. The van der Waals surface area contributed by atoms with Crippen LogP contribution in [-0.2, 0) is 6.54 Å². The number of thioether (sulfide) groups is 1. The quantitative estimate of drug-likeness (QED) is 0.896. The Morgan fingerprint density at radius 2 is 2.35 bits per heavy atom. The van der Waals surface area contributed by atoms with Gasteiger partial charge in [0, 0.05) is 17.2 Å². The first-order valence-corrected chi connectivity index (χ1v) is 7.79. The number of aliphatic imine (C=N–C) groups is 1. The molecule has 2 rings (SSSR count). The Kier molecular flexibility index (Phi) is 4.09. The van der Waals surface area contributed by atoms with Crippen LogP contribution < -0.4 is 5.32 Å². The topological polar surface area (TPSA) is 37.3 Å². The van der Waals surface area contributed by atoms with Gasteiger partial charge in [0.15, 0.2) is 5.17 Å². The number of hydrogen-bond acceptors (Lipinski definition) is 4. The van der Waals surface area contributed by atoms with Gasteiger partial charge in [0.1, 0.15) is 0 Å². The minimum absolute atomic E-state index is 0.294. The molecule has 17 heavy (non-hydrogen) atoms. The van der Waals surface area contributed by atoms with Crippen LogP contribution in [0.2, 0.25) is 0 Å². The van der Waals surface area contributed by atoms with Crippen molar-refractivity contribution < 1.29 is 0 Å². The van der Waals surface area contributed by atoms with E-state index in [1.165, 1.54) is 6.42 Å². The van der Waals surface area contributed by atoms with E-state index >= 15 is 0 Å². The van der Waals surface area contributed by atoms with Gasteiger partial charge in [0.25, 0.3) is 0 Å². The molecule has 1 aliphatic heterocycles. The lowest BCUT2D eigenvalue weighted by Crippen LogP contribution is -2.46. The summed E-state index contributed by atoms with van der Waals surface area (Å²) in [6.45, 7) is 7.52. The predicted molar refractivity (Wildman–Crippen MR) is 76.7 cm³/mol. The number of nitrogens with zero attached hydrogens (tertiary/aromatic N) is 2. The van der Waals surface area contributed by atoms with E-state index < -0.39 is 0 Å². The Bertz CT molecular complexity index is 379. The number of amidine groups is 1. The van der Waals surface area contributed by atoms with Crippen molar-refractivity contribution in [2.75, 3.05) is 5.75 Å². The first kappa shape index (κ1) is 12.9. The molecule has 1 aromatic rings. The van der Waals surface area contributed by atoms with Crippen molar-refractivity contribution in [2.24, 2.45) is 10.4 Å². The van der Waals surface area contributed by atoms with Crippen molar-refractivity contribution in [1.29, 1.82) is 0 Å². The van der Waals surface area contributed by atoms with Crippen LogP contribution in [0, 0.1) is 5.41 Å². The number of hydrogen-bond donors (Lipinski definition) is 1. The summed E-state index contributed by atoms with van der Waals surface area (Å²) >= 11 is 3.44. The van der Waals surface area contributed by atoms with Crippen molar-refractivity contribution >= 4 is 28.3 Å². The molecule has 0 aliphatic carbocycles. The predicted octanol–water partition coefficient (Wildman–Crippen LogP) is 3.14. The second-order valence-corrected chi connectivity index (χ2v) is 7.10. The third-order valence-corrected chi connectivity index (χ3v) is 4.45. The van der Waals surface area contributed by atoms with E-state index in [-0.39, 0.29) is 0 Å². The summed E-state index contributed by atoms with van der Waals surface area (Å²) in [7, 11) is 0. The minimum atomic E-state index is 0.294. The monoisotopic (exact) mass is 269 g/mol. The van der Waals surface area contributed by atoms with Crippen LogP contribution in [0.1, 0.15) is 32.9 Å². The Balaban J connectivity index is 1.95. The first-order valence-electron chi connectivity index (χ1n) is 5.86. The summed E-state index contributed by atoms with van der Waals surface area (Å²) in [5, 5.41) is 6.67. The normalized spacial score (nSPS) is 23.7. The van der Waals surface area contributed by atoms with Crippen molar-refractivity contribution in [3.63, 3.8) is 0 Å². The van der Waals surface area contributed by atoms with E-state index in [1.807, 2.05) is 17.3 Å². The standard InChI is InChI=1S/C12H19N3S2/c1-12(2,3)10-4-5-17-11(15-10)13-6-9-7-16-8-14-9/h7-8,10H,4-6H2,1-3H3,(H,13,15). The zero-order valence-electron chi connectivity index (χ0n) is 10.6. The first-order chi connectivity index (χ1) is 8.05. The van der Waals surface area contributed by atoms with Crippen LogP contribution in [0.15, 0.2) is 15.9 Å². The summed E-state index contributed by atoms with van der Waals surface area (Å²) in [5.41, 5.74) is 3.21. The molecule has 0 amide bonds.